The number of nitrogens with one attached hydrogen (secondary N) is 1. The van der Waals surface area contributed by atoms with Crippen LogP contribution in [0.3, 0.4) is 0 Å². The maximum atomic E-state index is 12.8. The van der Waals surface area contributed by atoms with Gasteiger partial charge in [0, 0.05) is 28.7 Å². The van der Waals surface area contributed by atoms with Crippen LogP contribution in [0.2, 0.25) is 0 Å². The Bertz CT molecular complexity index is 1170. The zero-order valence-electron chi connectivity index (χ0n) is 24.8. The molecule has 1 fully saturated rings. The van der Waals surface area contributed by atoms with Gasteiger partial charge in [0.25, 0.3) is 5.91 Å². The average molecular weight is 625 g/mol. The number of unbranched alkanes of at least 4 members (excludes halogenated alkanes) is 2. The molecule has 0 aromatic heterocycles. The Morgan fingerprint density at radius 1 is 1.29 bits per heavy atom. The van der Waals surface area contributed by atoms with Crippen LogP contribution in [0, 0.1) is 5.41 Å². The summed E-state index contributed by atoms with van der Waals surface area (Å²) in [7, 11) is 2.06. The highest BCUT2D eigenvalue weighted by Gasteiger charge is 2.50. The first-order chi connectivity index (χ1) is 19.4. The number of hydrogen-bond acceptors (Lipinski definition) is 11. The second-order valence-corrected chi connectivity index (χ2v) is 15.0. The van der Waals surface area contributed by atoms with Crippen molar-refractivity contribution in [3.8, 4) is 5.75 Å². The van der Waals surface area contributed by atoms with E-state index in [0.29, 0.717) is 11.5 Å². The molecule has 1 aromatic rings. The molecular weight excluding hydrogens is 581 g/mol. The molecule has 0 spiro atoms. The fourth-order valence-electron chi connectivity index (χ4n) is 5.51. The van der Waals surface area contributed by atoms with Crippen LogP contribution in [0.4, 0.5) is 0 Å². The predicted octanol–water partition coefficient (Wildman–Crippen LogP) is 4.60. The zero-order chi connectivity index (χ0) is 29.9. The van der Waals surface area contributed by atoms with Gasteiger partial charge in [-0.3, -0.25) is 19.7 Å². The average Bonchev–Trinajstić information content (AvgIpc) is 3.67. The first kappa shape index (κ1) is 32.6. The number of nitrogens with zero attached hydrogens (tertiary/aromatic N) is 3. The van der Waals surface area contributed by atoms with Crippen LogP contribution < -0.4 is 5.32 Å². The first-order valence-corrected chi connectivity index (χ1v) is 17.3. The van der Waals surface area contributed by atoms with E-state index in [1.165, 1.54) is 18.7 Å². The number of aromatic hydroxyl groups is 1. The maximum absolute atomic E-state index is 12.8. The number of aliphatic hydroxyl groups excluding tert-OH is 1. The topological polar surface area (TPSA) is 127 Å². The van der Waals surface area contributed by atoms with E-state index in [-0.39, 0.29) is 23.4 Å². The first-order valence-electron chi connectivity index (χ1n) is 14.3. The molecule has 1 saturated heterocycles. The monoisotopic (exact) mass is 624 g/mol. The van der Waals surface area contributed by atoms with Crippen molar-refractivity contribution in [2.45, 2.75) is 95.6 Å². The minimum atomic E-state index is -1.01. The van der Waals surface area contributed by atoms with Crippen molar-refractivity contribution >= 4 is 51.3 Å². The molecule has 0 radical (unpaired) electrons. The number of carbonyl (C=O) groups is 1. The van der Waals surface area contributed by atoms with Gasteiger partial charge in [0.2, 0.25) is 0 Å². The lowest BCUT2D eigenvalue weighted by atomic mass is 9.83. The molecule has 1 amide bonds. The van der Waals surface area contributed by atoms with Crippen LogP contribution >= 0.6 is 35.3 Å². The number of benzene rings is 1. The van der Waals surface area contributed by atoms with Crippen molar-refractivity contribution in [1.29, 1.82) is 0 Å². The van der Waals surface area contributed by atoms with E-state index in [4.69, 9.17) is 15.2 Å². The Balaban J connectivity index is 1.46. The molecule has 228 valence electrons. The SMILES string of the molecule is CCCCCc1cccc(O)c1C1=NC(C2SCC(C(O)C(C)(C)C3=NC(C)(C(=O)NC(C)OO)CS3)N2C)CS1. The molecule has 3 heterocycles. The zero-order valence-corrected chi connectivity index (χ0v) is 27.2. The Morgan fingerprint density at radius 2 is 2.05 bits per heavy atom. The molecule has 6 atom stereocenters. The van der Waals surface area contributed by atoms with Gasteiger partial charge in [-0.2, -0.15) is 0 Å². The summed E-state index contributed by atoms with van der Waals surface area (Å²) in [6.45, 7) is 9.46. The van der Waals surface area contributed by atoms with Crippen LogP contribution in [-0.2, 0) is 16.1 Å². The maximum Gasteiger partial charge on any atom is 0.250 e. The largest absolute Gasteiger partial charge is 0.507 e. The van der Waals surface area contributed by atoms with E-state index in [1.54, 1.807) is 24.8 Å². The van der Waals surface area contributed by atoms with Gasteiger partial charge in [0.05, 0.1) is 28.1 Å². The van der Waals surface area contributed by atoms with E-state index < -0.39 is 23.3 Å². The number of likely N-dealkylation sites (N-methyl/N-ethyl adjacent to an activating group) is 1. The van der Waals surface area contributed by atoms with E-state index in [2.05, 4.69) is 35.1 Å². The Hall–Kier alpha value is -1.28. The summed E-state index contributed by atoms with van der Waals surface area (Å²) in [6, 6.07) is 5.71. The van der Waals surface area contributed by atoms with Gasteiger partial charge >= 0.3 is 0 Å². The molecule has 12 heteroatoms. The summed E-state index contributed by atoms with van der Waals surface area (Å²) in [4.78, 5) is 29.1. The summed E-state index contributed by atoms with van der Waals surface area (Å²) in [5.74, 6) is 2.01. The molecule has 1 aromatic carbocycles. The summed E-state index contributed by atoms with van der Waals surface area (Å²) in [5.41, 5.74) is 0.357. The molecule has 9 nitrogen and oxygen atoms in total. The number of aliphatic hydroxyl groups is 1. The lowest BCUT2D eigenvalue weighted by Gasteiger charge is -2.38. The number of rotatable bonds is 12. The summed E-state index contributed by atoms with van der Waals surface area (Å²) >= 11 is 5.01. The second kappa shape index (κ2) is 13.6. The third-order valence-electron chi connectivity index (χ3n) is 8.23. The van der Waals surface area contributed by atoms with Crippen LogP contribution in [0.1, 0.15) is 65.0 Å². The van der Waals surface area contributed by atoms with Gasteiger partial charge in [-0.05, 0) is 45.4 Å². The lowest BCUT2D eigenvalue weighted by molar-refractivity contribution is -0.279. The van der Waals surface area contributed by atoms with Crippen molar-refractivity contribution in [3.63, 3.8) is 0 Å². The van der Waals surface area contributed by atoms with E-state index in [1.807, 2.05) is 31.7 Å². The van der Waals surface area contributed by atoms with Gasteiger partial charge in [0.1, 0.15) is 16.3 Å². The summed E-state index contributed by atoms with van der Waals surface area (Å²) < 4.78 is 0. The van der Waals surface area contributed by atoms with Crippen molar-refractivity contribution in [2.24, 2.45) is 15.4 Å². The highest BCUT2D eigenvalue weighted by Crippen LogP contribution is 2.44. The van der Waals surface area contributed by atoms with Crippen LogP contribution in [-0.4, -0.2) is 96.0 Å². The number of carbonyl (C=O) groups excluding carboxylic acids is 1. The summed E-state index contributed by atoms with van der Waals surface area (Å²) in [5, 5.41) is 35.6. The number of amides is 1. The van der Waals surface area contributed by atoms with Gasteiger partial charge < -0.3 is 15.5 Å². The molecule has 3 aliphatic rings. The van der Waals surface area contributed by atoms with Crippen molar-refractivity contribution in [1.82, 2.24) is 10.2 Å². The minimum absolute atomic E-state index is 0.0503. The van der Waals surface area contributed by atoms with Gasteiger partial charge in [-0.25, -0.2) is 10.1 Å². The summed E-state index contributed by atoms with van der Waals surface area (Å²) in [6.07, 6.45) is 2.80. The van der Waals surface area contributed by atoms with E-state index >= 15 is 0 Å². The van der Waals surface area contributed by atoms with E-state index in [0.717, 1.165) is 58.4 Å². The molecule has 4 N–H and O–H groups in total. The molecule has 0 saturated carbocycles. The number of aliphatic imine (C=N–C) groups is 2. The third kappa shape index (κ3) is 6.94. The van der Waals surface area contributed by atoms with Crippen LogP contribution in [0.15, 0.2) is 28.2 Å². The third-order valence-corrected chi connectivity index (χ3v) is 12.4. The number of phenols is 1. The molecule has 41 heavy (non-hydrogen) atoms. The molecule has 6 unspecified atom stereocenters. The van der Waals surface area contributed by atoms with Crippen molar-refractivity contribution < 1.29 is 25.2 Å². The number of aryl methyl sites for hydroxylation is 1. The molecule has 4 rings (SSSR count). The number of thioether (sulfide) groups is 3. The quantitative estimate of drug-likeness (QED) is 0.114. The van der Waals surface area contributed by atoms with Gasteiger partial charge in [-0.1, -0.05) is 45.7 Å². The minimum Gasteiger partial charge on any atom is -0.507 e. The molecule has 0 bridgehead atoms. The Kier molecular flexibility index (Phi) is 10.8. The molecule has 0 aliphatic carbocycles. The normalized spacial score (nSPS) is 28.4. The number of phenolic OH excluding ortho intramolecular Hbond substituents is 1. The van der Waals surface area contributed by atoms with Crippen LogP contribution in [0.25, 0.3) is 0 Å². The van der Waals surface area contributed by atoms with Gasteiger partial charge in [0.15, 0.2) is 6.23 Å². The number of hydrogen-bond donors (Lipinski definition) is 4. The molecular formula is C29H44N4O5S3. The lowest BCUT2D eigenvalue weighted by Crippen LogP contribution is -2.52. The van der Waals surface area contributed by atoms with Crippen LogP contribution in [0.5, 0.6) is 5.75 Å². The fraction of sp³-hybridized carbons (Fsp3) is 0.690. The smallest absolute Gasteiger partial charge is 0.250 e. The standard InChI is InChI=1S/C29H44N4O5S3/c1-7-8-9-11-18-12-10-13-21(34)22(18)24-31-19(14-39-24)25-33(6)20(15-40-25)23(35)28(3,4)27-32-29(5,16-41-27)26(36)30-17(2)38-37/h10,12-13,17,19-20,23,25,34-35,37H,7-9,11,14-16H2,1-6H3,(H,30,36). The van der Waals surface area contributed by atoms with Gasteiger partial charge in [-0.15, -0.1) is 35.3 Å². The Labute approximate surface area is 256 Å². The van der Waals surface area contributed by atoms with Crippen molar-refractivity contribution in [2.75, 3.05) is 24.3 Å². The van der Waals surface area contributed by atoms with Crippen molar-refractivity contribution in [3.05, 3.63) is 29.3 Å². The molecule has 3 aliphatic heterocycles. The Morgan fingerprint density at radius 3 is 2.76 bits per heavy atom. The second-order valence-electron chi connectivity index (χ2n) is 11.9. The highest BCUT2D eigenvalue weighted by atomic mass is 32.2. The predicted molar refractivity (Wildman–Crippen MR) is 171 cm³/mol. The fourth-order valence-corrected chi connectivity index (χ4v) is 9.77. The van der Waals surface area contributed by atoms with E-state index in [9.17, 15) is 15.0 Å². The highest BCUT2D eigenvalue weighted by molar-refractivity contribution is 8.15.